The van der Waals surface area contributed by atoms with Gasteiger partial charge in [-0.05, 0) is 25.1 Å². The summed E-state index contributed by atoms with van der Waals surface area (Å²) in [6.07, 6.45) is 11.0. The van der Waals surface area contributed by atoms with Gasteiger partial charge < -0.3 is 14.4 Å². The first-order valence-corrected chi connectivity index (χ1v) is 10.5. The molecule has 0 unspecified atom stereocenters. The Morgan fingerprint density at radius 1 is 1.00 bits per heavy atom. The Balaban J connectivity index is 1.79. The number of fused-ring (bicyclic) bond motifs is 1. The Kier molecular flexibility index (Phi) is 6.64. The third-order valence-corrected chi connectivity index (χ3v) is 5.09. The van der Waals surface area contributed by atoms with Crippen LogP contribution in [0.3, 0.4) is 0 Å². The van der Waals surface area contributed by atoms with E-state index in [2.05, 4.69) is 20.0 Å². The van der Waals surface area contributed by atoms with Crippen molar-refractivity contribution < 1.29 is 9.47 Å². The van der Waals surface area contributed by atoms with E-state index in [1.807, 2.05) is 68.9 Å². The van der Waals surface area contributed by atoms with Crippen molar-refractivity contribution in [1.82, 2.24) is 19.7 Å². The fourth-order valence-corrected chi connectivity index (χ4v) is 3.44. The Labute approximate surface area is 192 Å². The molecule has 168 valence electrons. The molecule has 8 nitrogen and oxygen atoms in total. The van der Waals surface area contributed by atoms with Crippen LogP contribution in [0, 0.1) is 0 Å². The minimum Gasteiger partial charge on any atom is -0.497 e. The van der Waals surface area contributed by atoms with Crippen LogP contribution in [0.2, 0.25) is 0 Å². The van der Waals surface area contributed by atoms with E-state index in [1.54, 1.807) is 37.5 Å². The average Bonchev–Trinajstić information content (AvgIpc) is 3.29. The van der Waals surface area contributed by atoms with Gasteiger partial charge in [0.2, 0.25) is 0 Å². The second-order valence-electron chi connectivity index (χ2n) is 7.33. The first-order chi connectivity index (χ1) is 16.1. The summed E-state index contributed by atoms with van der Waals surface area (Å²) in [5.41, 5.74) is 5.16. The van der Waals surface area contributed by atoms with Gasteiger partial charge in [-0.3, -0.25) is 14.7 Å². The van der Waals surface area contributed by atoms with Crippen LogP contribution in [0.15, 0.2) is 72.3 Å². The van der Waals surface area contributed by atoms with Crippen LogP contribution in [-0.4, -0.2) is 46.7 Å². The van der Waals surface area contributed by atoms with Gasteiger partial charge in [0.15, 0.2) is 0 Å². The molecule has 0 spiro atoms. The lowest BCUT2D eigenvalue weighted by molar-refractivity contribution is 0.394. The van der Waals surface area contributed by atoms with E-state index in [4.69, 9.17) is 14.5 Å². The fourth-order valence-electron chi connectivity index (χ4n) is 3.44. The molecule has 0 amide bonds. The average molecular weight is 443 g/mol. The number of rotatable bonds is 8. The maximum Gasteiger partial charge on any atom is 0.124 e. The summed E-state index contributed by atoms with van der Waals surface area (Å²) in [7, 11) is 5.16. The molecule has 0 bridgehead atoms. The zero-order valence-electron chi connectivity index (χ0n) is 19.1. The quantitative estimate of drug-likeness (QED) is 0.365. The Hall–Kier alpha value is -4.20. The third kappa shape index (κ3) is 5.01. The van der Waals surface area contributed by atoms with Gasteiger partial charge in [0.25, 0.3) is 0 Å². The summed E-state index contributed by atoms with van der Waals surface area (Å²) in [6, 6.07) is 11.8. The van der Waals surface area contributed by atoms with Crippen molar-refractivity contribution in [2.24, 2.45) is 12.0 Å². The maximum absolute atomic E-state index is 5.48. The second-order valence-corrected chi connectivity index (χ2v) is 7.33. The topological polar surface area (TPSA) is 77.7 Å². The molecule has 0 saturated carbocycles. The molecule has 0 aliphatic heterocycles. The molecule has 2 aromatic carbocycles. The number of hydrogen-bond acceptors (Lipinski definition) is 7. The number of aliphatic imine (C=N–C) groups is 1. The van der Waals surface area contributed by atoms with Gasteiger partial charge in [0, 0.05) is 60.8 Å². The monoisotopic (exact) mass is 442 g/mol. The molecule has 0 saturated heterocycles. The Morgan fingerprint density at radius 2 is 1.79 bits per heavy atom. The Bertz CT molecular complexity index is 1290. The van der Waals surface area contributed by atoms with E-state index < -0.39 is 0 Å². The number of ether oxygens (including phenoxy) is 2. The van der Waals surface area contributed by atoms with Gasteiger partial charge in [0.05, 0.1) is 49.9 Å². The molecule has 0 aliphatic carbocycles. The summed E-state index contributed by atoms with van der Waals surface area (Å²) in [4.78, 5) is 15.9. The first-order valence-electron chi connectivity index (χ1n) is 10.5. The SMILES string of the molecule is C/C=C\N=CCN(c1cc(OC)cc(OC)c1)c1ccc2ncc(-c3cnn(C)c3)nc2c1. The zero-order chi connectivity index (χ0) is 23.2. The number of nitrogens with zero attached hydrogens (tertiary/aromatic N) is 6. The van der Waals surface area contributed by atoms with Crippen LogP contribution >= 0.6 is 0 Å². The number of benzene rings is 2. The molecule has 4 aromatic rings. The molecule has 0 N–H and O–H groups in total. The number of aromatic nitrogens is 4. The zero-order valence-corrected chi connectivity index (χ0v) is 19.1. The third-order valence-electron chi connectivity index (χ3n) is 5.09. The molecule has 0 radical (unpaired) electrons. The van der Waals surface area contributed by atoms with Gasteiger partial charge in [-0.15, -0.1) is 0 Å². The van der Waals surface area contributed by atoms with E-state index in [9.17, 15) is 0 Å². The largest absolute Gasteiger partial charge is 0.497 e. The van der Waals surface area contributed by atoms with Crippen LogP contribution < -0.4 is 14.4 Å². The lowest BCUT2D eigenvalue weighted by Gasteiger charge is -2.24. The van der Waals surface area contributed by atoms with Gasteiger partial charge in [0.1, 0.15) is 11.5 Å². The lowest BCUT2D eigenvalue weighted by atomic mass is 10.2. The molecule has 2 heterocycles. The number of aryl methyl sites for hydroxylation is 1. The molecule has 4 rings (SSSR count). The highest BCUT2D eigenvalue weighted by molar-refractivity contribution is 5.84. The van der Waals surface area contributed by atoms with Crippen LogP contribution in [0.1, 0.15) is 6.92 Å². The van der Waals surface area contributed by atoms with E-state index in [1.165, 1.54) is 0 Å². The molecular weight excluding hydrogens is 416 g/mol. The number of anilines is 2. The highest BCUT2D eigenvalue weighted by Crippen LogP contribution is 2.33. The van der Waals surface area contributed by atoms with Crippen LogP contribution in [-0.2, 0) is 7.05 Å². The van der Waals surface area contributed by atoms with Crippen LogP contribution in [0.5, 0.6) is 11.5 Å². The fraction of sp³-hybridized carbons (Fsp3) is 0.200. The van der Waals surface area contributed by atoms with Crippen molar-refractivity contribution in [3.05, 3.63) is 67.3 Å². The normalized spacial score (nSPS) is 11.5. The summed E-state index contributed by atoms with van der Waals surface area (Å²) < 4.78 is 12.7. The minimum atomic E-state index is 0.544. The summed E-state index contributed by atoms with van der Waals surface area (Å²) in [6.45, 7) is 2.48. The summed E-state index contributed by atoms with van der Waals surface area (Å²) in [5, 5.41) is 4.24. The van der Waals surface area contributed by atoms with Crippen LogP contribution in [0.25, 0.3) is 22.3 Å². The molecular formula is C25H26N6O2. The van der Waals surface area contributed by atoms with E-state index in [0.717, 1.165) is 33.7 Å². The maximum atomic E-state index is 5.48. The van der Waals surface area contributed by atoms with Crippen molar-refractivity contribution in [2.75, 3.05) is 25.7 Å². The predicted molar refractivity (Wildman–Crippen MR) is 132 cm³/mol. The summed E-state index contributed by atoms with van der Waals surface area (Å²) in [5.74, 6) is 1.42. The van der Waals surface area contributed by atoms with Crippen molar-refractivity contribution in [2.45, 2.75) is 6.92 Å². The highest BCUT2D eigenvalue weighted by atomic mass is 16.5. The highest BCUT2D eigenvalue weighted by Gasteiger charge is 2.14. The molecule has 2 aromatic heterocycles. The van der Waals surface area contributed by atoms with E-state index in [0.29, 0.717) is 18.0 Å². The molecule has 0 atom stereocenters. The number of allylic oxidation sites excluding steroid dienone is 1. The summed E-state index contributed by atoms with van der Waals surface area (Å²) >= 11 is 0. The van der Waals surface area contributed by atoms with Crippen molar-refractivity contribution in [3.63, 3.8) is 0 Å². The second kappa shape index (κ2) is 9.95. The van der Waals surface area contributed by atoms with Crippen molar-refractivity contribution >= 4 is 28.6 Å². The predicted octanol–water partition coefficient (Wildman–Crippen LogP) is 4.79. The van der Waals surface area contributed by atoms with Gasteiger partial charge >= 0.3 is 0 Å². The number of methoxy groups -OCH3 is 2. The molecule has 0 aliphatic rings. The first kappa shape index (κ1) is 22.0. The van der Waals surface area contributed by atoms with Crippen LogP contribution in [0.4, 0.5) is 11.4 Å². The molecule has 33 heavy (non-hydrogen) atoms. The number of hydrogen-bond donors (Lipinski definition) is 0. The Morgan fingerprint density at radius 3 is 2.45 bits per heavy atom. The van der Waals surface area contributed by atoms with E-state index >= 15 is 0 Å². The van der Waals surface area contributed by atoms with Crippen molar-refractivity contribution in [1.29, 1.82) is 0 Å². The minimum absolute atomic E-state index is 0.544. The van der Waals surface area contributed by atoms with Crippen molar-refractivity contribution in [3.8, 4) is 22.8 Å². The molecule has 0 fully saturated rings. The van der Waals surface area contributed by atoms with Gasteiger partial charge in [-0.1, -0.05) is 6.08 Å². The lowest BCUT2D eigenvalue weighted by Crippen LogP contribution is -2.19. The smallest absolute Gasteiger partial charge is 0.124 e. The van der Waals surface area contributed by atoms with E-state index in [-0.39, 0.29) is 0 Å². The van der Waals surface area contributed by atoms with Gasteiger partial charge in [-0.25, -0.2) is 4.98 Å². The van der Waals surface area contributed by atoms with Gasteiger partial charge in [-0.2, -0.15) is 5.10 Å². The standard InChI is InChI=1S/C25H26N6O2/c1-5-8-26-9-10-31(20-11-21(32-3)14-22(12-20)33-4)19-6-7-23-24(13-19)29-25(16-27-23)18-15-28-30(2)17-18/h5-9,11-17H,10H2,1-4H3/b8-5-,26-9?. The molecule has 8 heteroatoms.